The number of nitro benzene ring substituents is 1. The first-order valence-corrected chi connectivity index (χ1v) is 9.27. The number of carbonyl (C=O) groups excluding carboxylic acids is 3. The molecule has 0 saturated heterocycles. The monoisotopic (exact) mass is 438 g/mol. The van der Waals surface area contributed by atoms with Gasteiger partial charge >= 0.3 is 5.97 Å². The smallest absolute Gasteiger partial charge is 0.337 e. The molecule has 1 N–H and O–H groups in total. The minimum Gasteiger partial charge on any atom is -0.465 e. The molecule has 8 nitrogen and oxygen atoms in total. The van der Waals surface area contributed by atoms with Crippen LogP contribution in [0.25, 0.3) is 0 Å². The quantitative estimate of drug-likeness (QED) is 0.262. The number of ketones is 1. The molecule has 0 fully saturated rings. The largest absolute Gasteiger partial charge is 0.465 e. The topological polar surface area (TPSA) is 116 Å². The average molecular weight is 439 g/mol. The molecule has 0 spiro atoms. The van der Waals surface area contributed by atoms with Gasteiger partial charge in [-0.3, -0.25) is 19.7 Å². The van der Waals surface area contributed by atoms with Crippen molar-refractivity contribution in [2.75, 3.05) is 12.4 Å². The van der Waals surface area contributed by atoms with Crippen LogP contribution in [0.4, 0.5) is 11.4 Å². The summed E-state index contributed by atoms with van der Waals surface area (Å²) in [6, 6.07) is 15.9. The molecule has 156 valence electrons. The number of hydrogen-bond donors (Lipinski definition) is 1. The van der Waals surface area contributed by atoms with E-state index in [0.717, 1.165) is 6.07 Å². The normalized spacial score (nSPS) is 10.3. The number of rotatable bonds is 6. The number of nitrogens with zero attached hydrogens (tertiary/aromatic N) is 1. The predicted octanol–water partition coefficient (Wildman–Crippen LogP) is 4.52. The van der Waals surface area contributed by atoms with Crippen LogP contribution in [0.5, 0.6) is 0 Å². The Morgan fingerprint density at radius 3 is 2.32 bits per heavy atom. The molecule has 3 aromatic carbocycles. The summed E-state index contributed by atoms with van der Waals surface area (Å²) in [5, 5.41) is 13.7. The van der Waals surface area contributed by atoms with Gasteiger partial charge in [0.2, 0.25) is 0 Å². The second-order valence-corrected chi connectivity index (χ2v) is 6.73. The molecule has 0 bridgehead atoms. The third kappa shape index (κ3) is 4.76. The Morgan fingerprint density at radius 1 is 0.935 bits per heavy atom. The van der Waals surface area contributed by atoms with Gasteiger partial charge in [0.25, 0.3) is 11.6 Å². The minimum absolute atomic E-state index is 0.0176. The molecule has 3 rings (SSSR count). The molecular weight excluding hydrogens is 424 g/mol. The van der Waals surface area contributed by atoms with Gasteiger partial charge in [-0.1, -0.05) is 35.9 Å². The minimum atomic E-state index is -0.688. The summed E-state index contributed by atoms with van der Waals surface area (Å²) in [5.41, 5.74) is 0.308. The molecule has 0 aromatic heterocycles. The number of anilines is 1. The van der Waals surface area contributed by atoms with E-state index in [0.29, 0.717) is 5.69 Å². The summed E-state index contributed by atoms with van der Waals surface area (Å²) in [7, 11) is 1.25. The maximum absolute atomic E-state index is 13.0. The number of benzene rings is 3. The van der Waals surface area contributed by atoms with Crippen molar-refractivity contribution in [1.29, 1.82) is 0 Å². The van der Waals surface area contributed by atoms with Gasteiger partial charge < -0.3 is 10.1 Å². The van der Waals surface area contributed by atoms with Crippen molar-refractivity contribution in [2.45, 2.75) is 0 Å². The number of amides is 1. The van der Waals surface area contributed by atoms with Gasteiger partial charge in [0, 0.05) is 22.9 Å². The van der Waals surface area contributed by atoms with Gasteiger partial charge in [-0.25, -0.2) is 4.79 Å². The first-order chi connectivity index (χ1) is 14.8. The van der Waals surface area contributed by atoms with Gasteiger partial charge in [-0.2, -0.15) is 0 Å². The van der Waals surface area contributed by atoms with Gasteiger partial charge in [0.05, 0.1) is 23.2 Å². The van der Waals surface area contributed by atoms with E-state index in [-0.39, 0.29) is 27.3 Å². The summed E-state index contributed by atoms with van der Waals surface area (Å²) in [4.78, 5) is 47.9. The lowest BCUT2D eigenvalue weighted by atomic mass is 9.97. The van der Waals surface area contributed by atoms with Gasteiger partial charge in [0.1, 0.15) is 5.02 Å². The fourth-order valence-electron chi connectivity index (χ4n) is 2.87. The molecule has 0 aliphatic rings. The van der Waals surface area contributed by atoms with Crippen LogP contribution in [0.3, 0.4) is 0 Å². The molecule has 0 aliphatic heterocycles. The summed E-state index contributed by atoms with van der Waals surface area (Å²) >= 11 is 5.81. The number of halogens is 1. The molecule has 0 saturated carbocycles. The Balaban J connectivity index is 1.93. The summed E-state index contributed by atoms with van der Waals surface area (Å²) < 4.78 is 4.66. The maximum atomic E-state index is 13.0. The number of esters is 1. The molecule has 0 unspecified atom stereocenters. The van der Waals surface area contributed by atoms with Gasteiger partial charge in [0.15, 0.2) is 5.78 Å². The lowest BCUT2D eigenvalue weighted by Crippen LogP contribution is -2.17. The number of nitro groups is 1. The van der Waals surface area contributed by atoms with Gasteiger partial charge in [-0.15, -0.1) is 0 Å². The lowest BCUT2D eigenvalue weighted by molar-refractivity contribution is -0.384. The highest BCUT2D eigenvalue weighted by molar-refractivity contribution is 6.33. The van der Waals surface area contributed by atoms with E-state index >= 15 is 0 Å². The van der Waals surface area contributed by atoms with Crippen LogP contribution < -0.4 is 5.32 Å². The van der Waals surface area contributed by atoms with E-state index in [1.165, 1.54) is 43.5 Å². The Kier molecular flexibility index (Phi) is 6.42. The predicted molar refractivity (Wildman–Crippen MR) is 114 cm³/mol. The van der Waals surface area contributed by atoms with Crippen molar-refractivity contribution >= 4 is 40.6 Å². The zero-order valence-electron chi connectivity index (χ0n) is 16.1. The Bertz CT molecular complexity index is 1210. The number of carbonyl (C=O) groups is 3. The van der Waals surface area contributed by atoms with E-state index in [1.807, 2.05) is 0 Å². The van der Waals surface area contributed by atoms with Crippen LogP contribution in [-0.2, 0) is 4.74 Å². The highest BCUT2D eigenvalue weighted by Crippen LogP contribution is 2.27. The Labute approximate surface area is 181 Å². The van der Waals surface area contributed by atoms with Crippen LogP contribution >= 0.6 is 11.6 Å². The van der Waals surface area contributed by atoms with Crippen LogP contribution in [0, 0.1) is 10.1 Å². The van der Waals surface area contributed by atoms with E-state index in [1.54, 1.807) is 24.3 Å². The number of nitrogens with one attached hydrogen (secondary N) is 1. The molecule has 0 heterocycles. The standard InChI is InChI=1S/C22H15ClN2O6/c1-31-22(28)14-5-4-6-15(11-14)24-21(27)17-8-3-2-7-16(17)20(26)13-9-10-18(23)19(12-13)25(29)30/h2-12H,1H3,(H,24,27). The number of methoxy groups -OCH3 is 1. The van der Waals surface area contributed by atoms with Crippen LogP contribution in [0.2, 0.25) is 5.02 Å². The summed E-state index contributed by atoms with van der Waals surface area (Å²) in [6.07, 6.45) is 0. The van der Waals surface area contributed by atoms with Gasteiger partial charge in [-0.05, 0) is 36.4 Å². The van der Waals surface area contributed by atoms with Crippen molar-refractivity contribution < 1.29 is 24.0 Å². The van der Waals surface area contributed by atoms with Crippen LogP contribution in [-0.4, -0.2) is 29.7 Å². The zero-order chi connectivity index (χ0) is 22.5. The van der Waals surface area contributed by atoms with E-state index in [2.05, 4.69) is 10.1 Å². The zero-order valence-corrected chi connectivity index (χ0v) is 16.9. The molecule has 3 aromatic rings. The molecule has 0 radical (unpaired) electrons. The fraction of sp³-hybridized carbons (Fsp3) is 0.0455. The van der Waals surface area contributed by atoms with Crippen molar-refractivity contribution in [3.05, 3.63) is 104 Å². The van der Waals surface area contributed by atoms with Crippen molar-refractivity contribution in [3.63, 3.8) is 0 Å². The SMILES string of the molecule is COC(=O)c1cccc(NC(=O)c2ccccc2C(=O)c2ccc(Cl)c([N+](=O)[O-])c2)c1. The highest BCUT2D eigenvalue weighted by Gasteiger charge is 2.21. The third-order valence-electron chi connectivity index (χ3n) is 4.36. The second kappa shape index (κ2) is 9.19. The fourth-order valence-corrected chi connectivity index (χ4v) is 3.06. The Hall–Kier alpha value is -4.04. The molecule has 1 amide bonds. The van der Waals surface area contributed by atoms with E-state index in [9.17, 15) is 24.5 Å². The molecule has 31 heavy (non-hydrogen) atoms. The maximum Gasteiger partial charge on any atom is 0.337 e. The summed E-state index contributed by atoms with van der Waals surface area (Å²) in [6.45, 7) is 0. The first-order valence-electron chi connectivity index (χ1n) is 8.89. The van der Waals surface area contributed by atoms with Crippen LogP contribution in [0.1, 0.15) is 36.6 Å². The van der Waals surface area contributed by atoms with E-state index in [4.69, 9.17) is 11.6 Å². The number of ether oxygens (including phenoxy) is 1. The Morgan fingerprint density at radius 2 is 1.65 bits per heavy atom. The highest BCUT2D eigenvalue weighted by atomic mass is 35.5. The number of hydrogen-bond acceptors (Lipinski definition) is 6. The van der Waals surface area contributed by atoms with Crippen molar-refractivity contribution in [2.24, 2.45) is 0 Å². The average Bonchev–Trinajstić information content (AvgIpc) is 2.78. The summed E-state index contributed by atoms with van der Waals surface area (Å²) in [5.74, 6) is -1.72. The molecule has 9 heteroatoms. The molecular formula is C22H15ClN2O6. The van der Waals surface area contributed by atoms with Crippen molar-refractivity contribution in [1.82, 2.24) is 0 Å². The second-order valence-electron chi connectivity index (χ2n) is 6.32. The van der Waals surface area contributed by atoms with Crippen LogP contribution in [0.15, 0.2) is 66.7 Å². The first kappa shape index (κ1) is 21.7. The van der Waals surface area contributed by atoms with Crippen molar-refractivity contribution in [3.8, 4) is 0 Å². The molecule has 0 aliphatic carbocycles. The van der Waals surface area contributed by atoms with E-state index < -0.39 is 28.3 Å². The third-order valence-corrected chi connectivity index (χ3v) is 4.68. The lowest BCUT2D eigenvalue weighted by Gasteiger charge is -2.11. The molecule has 0 atom stereocenters.